The molecule has 3 rings (SSSR count). The smallest absolute Gasteiger partial charge is 0.246 e. The zero-order valence-corrected chi connectivity index (χ0v) is 19.2. The maximum atomic E-state index is 13.6. The molecule has 162 valence electrons. The largest absolute Gasteiger partial charge is 0.495 e. The quantitative estimate of drug-likeness (QED) is 0.655. The Bertz CT molecular complexity index is 1010. The molecule has 1 fully saturated rings. The molecule has 6 nitrogen and oxygen atoms in total. The minimum atomic E-state index is -3.91. The van der Waals surface area contributed by atoms with Crippen LogP contribution in [0.5, 0.6) is 5.75 Å². The topological polar surface area (TPSA) is 75.7 Å². The maximum absolute atomic E-state index is 13.6. The van der Waals surface area contributed by atoms with E-state index in [2.05, 4.69) is 21.2 Å². The van der Waals surface area contributed by atoms with Gasteiger partial charge in [0.1, 0.15) is 16.5 Å². The highest BCUT2D eigenvalue weighted by Gasteiger charge is 2.34. The number of amides is 1. The molecule has 0 spiro atoms. The van der Waals surface area contributed by atoms with Gasteiger partial charge in [0.25, 0.3) is 0 Å². The fraction of sp³-hybridized carbons (Fsp3) is 0.381. The Balaban J connectivity index is 1.63. The molecule has 0 bridgehead atoms. The number of halogens is 2. The Morgan fingerprint density at radius 2 is 1.83 bits per heavy atom. The zero-order valence-electron chi connectivity index (χ0n) is 16.8. The standard InChI is InChI=1S/C21H24BrFN2O4S/c1-14(15-3-5-17(22)6-4-15)24-21(26)16-9-11-25(12-10-16)30(27,28)20-13-18(23)7-8-19(20)29-2/h3-8,13-14,16H,9-12H2,1-2H3,(H,24,26). The number of carbonyl (C=O) groups excluding carboxylic acids is 1. The molecule has 1 unspecified atom stereocenters. The molecular formula is C21H24BrFN2O4S. The molecule has 1 amide bonds. The fourth-order valence-corrected chi connectivity index (χ4v) is 5.42. The van der Waals surface area contributed by atoms with E-state index in [0.29, 0.717) is 12.8 Å². The van der Waals surface area contributed by atoms with Crippen molar-refractivity contribution in [3.63, 3.8) is 0 Å². The molecule has 1 N–H and O–H groups in total. The van der Waals surface area contributed by atoms with Gasteiger partial charge >= 0.3 is 0 Å². The van der Waals surface area contributed by atoms with Crippen LogP contribution < -0.4 is 10.1 Å². The average molecular weight is 499 g/mol. The Morgan fingerprint density at radius 1 is 1.20 bits per heavy atom. The van der Waals surface area contributed by atoms with Gasteiger partial charge in [0, 0.05) is 23.5 Å². The van der Waals surface area contributed by atoms with Gasteiger partial charge in [-0.05, 0) is 55.7 Å². The van der Waals surface area contributed by atoms with Gasteiger partial charge in [-0.2, -0.15) is 4.31 Å². The summed E-state index contributed by atoms with van der Waals surface area (Å²) in [6.07, 6.45) is 0.797. The number of nitrogens with one attached hydrogen (secondary N) is 1. The van der Waals surface area contributed by atoms with E-state index in [-0.39, 0.29) is 41.6 Å². The highest BCUT2D eigenvalue weighted by molar-refractivity contribution is 9.10. The van der Waals surface area contributed by atoms with Crippen molar-refractivity contribution in [3.05, 3.63) is 58.3 Å². The van der Waals surface area contributed by atoms with Crippen LogP contribution in [0.3, 0.4) is 0 Å². The van der Waals surface area contributed by atoms with Crippen LogP contribution in [0.2, 0.25) is 0 Å². The Labute approximate surface area is 184 Å². The third-order valence-corrected chi connectivity index (χ3v) is 7.75. The highest BCUT2D eigenvalue weighted by Crippen LogP contribution is 2.30. The van der Waals surface area contributed by atoms with E-state index in [1.165, 1.54) is 17.5 Å². The minimum Gasteiger partial charge on any atom is -0.495 e. The molecule has 1 aliphatic rings. The van der Waals surface area contributed by atoms with Gasteiger partial charge in [-0.15, -0.1) is 0 Å². The number of methoxy groups -OCH3 is 1. The highest BCUT2D eigenvalue weighted by atomic mass is 79.9. The van der Waals surface area contributed by atoms with Crippen molar-refractivity contribution in [1.29, 1.82) is 0 Å². The predicted octanol–water partition coefficient (Wildman–Crippen LogP) is 3.87. The van der Waals surface area contributed by atoms with Crippen LogP contribution >= 0.6 is 15.9 Å². The number of carbonyl (C=O) groups is 1. The lowest BCUT2D eigenvalue weighted by atomic mass is 9.96. The third kappa shape index (κ3) is 5.01. The van der Waals surface area contributed by atoms with E-state index in [9.17, 15) is 17.6 Å². The second-order valence-electron chi connectivity index (χ2n) is 7.26. The molecule has 0 saturated carbocycles. The number of nitrogens with zero attached hydrogens (tertiary/aromatic N) is 1. The first kappa shape index (κ1) is 22.7. The second kappa shape index (κ2) is 9.45. The van der Waals surface area contributed by atoms with Crippen LogP contribution in [0, 0.1) is 11.7 Å². The molecule has 30 heavy (non-hydrogen) atoms. The molecule has 1 heterocycles. The first-order valence-electron chi connectivity index (χ1n) is 9.62. The second-order valence-corrected chi connectivity index (χ2v) is 10.1. The van der Waals surface area contributed by atoms with Gasteiger partial charge in [-0.1, -0.05) is 28.1 Å². The minimum absolute atomic E-state index is 0.0918. The Hall–Kier alpha value is -1.97. The Morgan fingerprint density at radius 3 is 2.43 bits per heavy atom. The average Bonchev–Trinajstić information content (AvgIpc) is 2.74. The lowest BCUT2D eigenvalue weighted by Gasteiger charge is -2.31. The van der Waals surface area contributed by atoms with E-state index >= 15 is 0 Å². The summed E-state index contributed by atoms with van der Waals surface area (Å²) < 4.78 is 46.9. The SMILES string of the molecule is COc1ccc(F)cc1S(=O)(=O)N1CCC(C(=O)NC(C)c2ccc(Br)cc2)CC1. The van der Waals surface area contributed by atoms with Gasteiger partial charge in [-0.25, -0.2) is 12.8 Å². The number of hydrogen-bond donors (Lipinski definition) is 1. The van der Waals surface area contributed by atoms with Crippen LogP contribution in [0.25, 0.3) is 0 Å². The van der Waals surface area contributed by atoms with Gasteiger partial charge in [0.15, 0.2) is 0 Å². The van der Waals surface area contributed by atoms with E-state index in [0.717, 1.165) is 22.2 Å². The molecular weight excluding hydrogens is 475 g/mol. The number of rotatable bonds is 6. The van der Waals surface area contributed by atoms with Crippen LogP contribution in [-0.4, -0.2) is 38.8 Å². The fourth-order valence-electron chi connectivity index (χ4n) is 3.52. The van der Waals surface area contributed by atoms with Crippen LogP contribution in [-0.2, 0) is 14.8 Å². The van der Waals surface area contributed by atoms with Crippen molar-refractivity contribution < 1.29 is 22.3 Å². The van der Waals surface area contributed by atoms with Crippen LogP contribution in [0.15, 0.2) is 51.8 Å². The molecule has 0 aliphatic carbocycles. The van der Waals surface area contributed by atoms with E-state index in [1.54, 1.807) is 0 Å². The Kier molecular flexibility index (Phi) is 7.15. The molecule has 9 heteroatoms. The number of benzene rings is 2. The van der Waals surface area contributed by atoms with Gasteiger partial charge in [0.2, 0.25) is 15.9 Å². The zero-order chi connectivity index (χ0) is 21.9. The van der Waals surface area contributed by atoms with Crippen molar-refractivity contribution in [2.24, 2.45) is 5.92 Å². The molecule has 0 aromatic heterocycles. The van der Waals surface area contributed by atoms with Crippen LogP contribution in [0.4, 0.5) is 4.39 Å². The predicted molar refractivity (Wildman–Crippen MR) is 115 cm³/mol. The molecule has 1 atom stereocenters. The molecule has 2 aromatic rings. The van der Waals surface area contributed by atoms with E-state index < -0.39 is 15.8 Å². The lowest BCUT2D eigenvalue weighted by Crippen LogP contribution is -2.43. The monoisotopic (exact) mass is 498 g/mol. The molecule has 1 saturated heterocycles. The summed E-state index contributed by atoms with van der Waals surface area (Å²) in [5, 5.41) is 3.00. The van der Waals surface area contributed by atoms with Crippen molar-refractivity contribution in [1.82, 2.24) is 9.62 Å². The molecule has 0 radical (unpaired) electrons. The van der Waals surface area contributed by atoms with Crippen molar-refractivity contribution >= 4 is 31.9 Å². The summed E-state index contributed by atoms with van der Waals surface area (Å²) >= 11 is 3.39. The van der Waals surface area contributed by atoms with Crippen molar-refractivity contribution in [2.75, 3.05) is 20.2 Å². The first-order chi connectivity index (χ1) is 14.2. The van der Waals surface area contributed by atoms with E-state index in [1.807, 2.05) is 31.2 Å². The summed E-state index contributed by atoms with van der Waals surface area (Å²) in [4.78, 5) is 12.5. The normalized spacial score (nSPS) is 16.8. The number of ether oxygens (including phenoxy) is 1. The number of sulfonamides is 1. The van der Waals surface area contributed by atoms with Gasteiger partial charge in [0.05, 0.1) is 13.2 Å². The summed E-state index contributed by atoms with van der Waals surface area (Å²) in [5.74, 6) is -0.917. The molecule has 2 aromatic carbocycles. The summed E-state index contributed by atoms with van der Waals surface area (Å²) in [5.41, 5.74) is 0.991. The molecule has 1 aliphatic heterocycles. The van der Waals surface area contributed by atoms with Crippen LogP contribution in [0.1, 0.15) is 31.4 Å². The number of hydrogen-bond acceptors (Lipinski definition) is 4. The number of piperidine rings is 1. The first-order valence-corrected chi connectivity index (χ1v) is 11.8. The van der Waals surface area contributed by atoms with Gasteiger partial charge in [-0.3, -0.25) is 4.79 Å². The summed E-state index contributed by atoms with van der Waals surface area (Å²) in [6.45, 7) is 2.29. The maximum Gasteiger partial charge on any atom is 0.246 e. The van der Waals surface area contributed by atoms with Gasteiger partial charge < -0.3 is 10.1 Å². The third-order valence-electron chi connectivity index (χ3n) is 5.30. The lowest BCUT2D eigenvalue weighted by molar-refractivity contribution is -0.126. The van der Waals surface area contributed by atoms with E-state index in [4.69, 9.17) is 4.74 Å². The van der Waals surface area contributed by atoms with Crippen molar-refractivity contribution in [3.8, 4) is 5.75 Å². The van der Waals surface area contributed by atoms with Crippen molar-refractivity contribution in [2.45, 2.75) is 30.7 Å². The summed E-state index contributed by atoms with van der Waals surface area (Å²) in [7, 11) is -2.57. The summed E-state index contributed by atoms with van der Waals surface area (Å²) in [6, 6.07) is 11.0.